The Labute approximate surface area is 142 Å². The summed E-state index contributed by atoms with van der Waals surface area (Å²) in [6.07, 6.45) is 1.79. The van der Waals surface area contributed by atoms with E-state index in [0.717, 1.165) is 48.2 Å². The van der Waals surface area contributed by atoms with Crippen LogP contribution in [-0.2, 0) is 22.0 Å². The second kappa shape index (κ2) is 8.20. The summed E-state index contributed by atoms with van der Waals surface area (Å²) in [4.78, 5) is 12.6. The number of hydrogen-bond acceptors (Lipinski definition) is 5. The van der Waals surface area contributed by atoms with Gasteiger partial charge in [-0.25, -0.2) is 9.97 Å². The van der Waals surface area contributed by atoms with Gasteiger partial charge in [0.2, 0.25) is 0 Å². The molecule has 130 valence electrons. The Morgan fingerprint density at radius 1 is 1.35 bits per heavy atom. The Morgan fingerprint density at radius 2 is 2.09 bits per heavy atom. The molecule has 1 aromatic rings. The van der Waals surface area contributed by atoms with Gasteiger partial charge in [-0.15, -0.1) is 0 Å². The molecule has 0 aromatic carbocycles. The predicted molar refractivity (Wildman–Crippen MR) is 94.7 cm³/mol. The molecule has 1 saturated heterocycles. The summed E-state index contributed by atoms with van der Waals surface area (Å²) in [5.74, 6) is 2.65. The fraction of sp³-hybridized carbons (Fsp3) is 0.765. The van der Waals surface area contributed by atoms with Gasteiger partial charge in [0.05, 0.1) is 34.9 Å². The molecular weight excluding hydrogens is 310 g/mol. The van der Waals surface area contributed by atoms with Gasteiger partial charge in [0.15, 0.2) is 0 Å². The maximum atomic E-state index is 12.7. The molecule has 0 bridgehead atoms. The van der Waals surface area contributed by atoms with Gasteiger partial charge in [-0.05, 0) is 12.8 Å². The highest BCUT2D eigenvalue weighted by Gasteiger charge is 2.35. The lowest BCUT2D eigenvalue weighted by atomic mass is 10.2. The van der Waals surface area contributed by atoms with Crippen LogP contribution in [0.1, 0.15) is 58.5 Å². The van der Waals surface area contributed by atoms with Crippen molar-refractivity contribution in [1.29, 1.82) is 0 Å². The van der Waals surface area contributed by atoms with Crippen LogP contribution in [0, 0.1) is 0 Å². The molecule has 3 rings (SSSR count). The molecule has 1 fully saturated rings. The fourth-order valence-electron chi connectivity index (χ4n) is 2.93. The van der Waals surface area contributed by atoms with Crippen molar-refractivity contribution in [3.63, 3.8) is 0 Å². The minimum atomic E-state index is -1.02. The monoisotopic (exact) mass is 339 g/mol. The van der Waals surface area contributed by atoms with E-state index in [9.17, 15) is 4.21 Å². The smallest absolute Gasteiger partial charge is 0.149 e. The first-order valence-corrected chi connectivity index (χ1v) is 10.1. The molecule has 0 amide bonds. The highest BCUT2D eigenvalue weighted by atomic mass is 32.2. The van der Waals surface area contributed by atoms with Crippen LogP contribution < -0.4 is 4.90 Å². The number of anilines is 1. The lowest BCUT2D eigenvalue weighted by Gasteiger charge is -2.36. The lowest BCUT2D eigenvalue weighted by molar-refractivity contribution is 0.138. The number of hydrogen-bond donors (Lipinski definition) is 0. The quantitative estimate of drug-likeness (QED) is 0.829. The lowest BCUT2D eigenvalue weighted by Crippen LogP contribution is -2.46. The van der Waals surface area contributed by atoms with Crippen molar-refractivity contribution >= 4 is 16.6 Å². The van der Waals surface area contributed by atoms with Crippen LogP contribution in [-0.4, -0.2) is 45.7 Å². The van der Waals surface area contributed by atoms with Crippen LogP contribution in [0.25, 0.3) is 0 Å². The highest BCUT2D eigenvalue weighted by molar-refractivity contribution is 7.85. The topological polar surface area (TPSA) is 55.3 Å². The zero-order chi connectivity index (χ0) is 17.0. The highest BCUT2D eigenvalue weighted by Crippen LogP contribution is 2.34. The molecule has 2 aliphatic heterocycles. The molecule has 23 heavy (non-hydrogen) atoms. The van der Waals surface area contributed by atoms with Crippen molar-refractivity contribution in [2.45, 2.75) is 64.3 Å². The third kappa shape index (κ3) is 3.74. The maximum absolute atomic E-state index is 12.7. The van der Waals surface area contributed by atoms with Crippen molar-refractivity contribution in [2.24, 2.45) is 0 Å². The molecule has 6 heteroatoms. The van der Waals surface area contributed by atoms with E-state index in [0.29, 0.717) is 12.4 Å². The summed E-state index contributed by atoms with van der Waals surface area (Å²) in [7, 11) is -1.02. The van der Waals surface area contributed by atoms with E-state index in [1.807, 2.05) is 13.8 Å². The van der Waals surface area contributed by atoms with Crippen molar-refractivity contribution in [3.05, 3.63) is 11.5 Å². The van der Waals surface area contributed by atoms with E-state index < -0.39 is 10.8 Å². The first-order valence-electron chi connectivity index (χ1n) is 8.75. The summed E-state index contributed by atoms with van der Waals surface area (Å²) < 4.78 is 18.3. The van der Waals surface area contributed by atoms with Crippen LogP contribution in [0.2, 0.25) is 0 Å². The molecule has 0 radical (unpaired) electrons. The Kier molecular flexibility index (Phi) is 6.53. The molecule has 0 aliphatic carbocycles. The maximum Gasteiger partial charge on any atom is 0.149 e. The van der Waals surface area contributed by atoms with E-state index in [-0.39, 0.29) is 12.0 Å². The standard InChI is InChI=1S/C15H23N3O2S.C2H6/c1-4-12-13-15(17-14(16-12)10(2)3)18-6-5-7-20-8-11(18)9-21(13)19;1-2/h10-11H,4-9H2,1-3H3;1-2H3. The van der Waals surface area contributed by atoms with Gasteiger partial charge in [-0.1, -0.05) is 34.6 Å². The second-order valence-corrected chi connectivity index (χ2v) is 7.41. The zero-order valence-electron chi connectivity index (χ0n) is 15.0. The van der Waals surface area contributed by atoms with Gasteiger partial charge in [-0.2, -0.15) is 0 Å². The van der Waals surface area contributed by atoms with Crippen molar-refractivity contribution in [1.82, 2.24) is 9.97 Å². The van der Waals surface area contributed by atoms with Gasteiger partial charge in [0.1, 0.15) is 16.5 Å². The minimum absolute atomic E-state index is 0.181. The summed E-state index contributed by atoms with van der Waals surface area (Å²) in [6.45, 7) is 12.6. The number of aromatic nitrogens is 2. The number of ether oxygens (including phenoxy) is 1. The van der Waals surface area contributed by atoms with Crippen LogP contribution in [0.5, 0.6) is 0 Å². The first-order chi connectivity index (χ1) is 11.1. The Morgan fingerprint density at radius 3 is 2.74 bits per heavy atom. The van der Waals surface area contributed by atoms with Crippen molar-refractivity contribution < 1.29 is 8.95 Å². The summed E-state index contributed by atoms with van der Waals surface area (Å²) >= 11 is 0. The molecule has 2 atom stereocenters. The SMILES string of the molecule is CC.CCc1nc(C(C)C)nc2c1S(=O)CC1COCCCN21. The van der Waals surface area contributed by atoms with Gasteiger partial charge in [-0.3, -0.25) is 4.21 Å². The third-order valence-electron chi connectivity index (χ3n) is 4.07. The minimum Gasteiger partial charge on any atom is -0.379 e. The molecule has 1 aromatic heterocycles. The van der Waals surface area contributed by atoms with E-state index >= 15 is 0 Å². The van der Waals surface area contributed by atoms with E-state index in [1.54, 1.807) is 0 Å². The molecule has 0 spiro atoms. The van der Waals surface area contributed by atoms with Crippen LogP contribution in [0.4, 0.5) is 5.82 Å². The molecule has 0 saturated carbocycles. The van der Waals surface area contributed by atoms with E-state index in [1.165, 1.54) is 0 Å². The first kappa shape index (κ1) is 18.3. The van der Waals surface area contributed by atoms with Crippen LogP contribution >= 0.6 is 0 Å². The molecule has 3 heterocycles. The van der Waals surface area contributed by atoms with Gasteiger partial charge >= 0.3 is 0 Å². The van der Waals surface area contributed by atoms with E-state index in [4.69, 9.17) is 9.72 Å². The molecular formula is C17H29N3O2S. The van der Waals surface area contributed by atoms with Crippen molar-refractivity contribution in [3.8, 4) is 0 Å². The third-order valence-corrected chi connectivity index (χ3v) is 5.63. The molecule has 5 nitrogen and oxygen atoms in total. The molecule has 0 N–H and O–H groups in total. The number of nitrogens with zero attached hydrogens (tertiary/aromatic N) is 3. The number of aryl methyl sites for hydroxylation is 1. The van der Waals surface area contributed by atoms with Gasteiger partial charge in [0.25, 0.3) is 0 Å². The zero-order valence-corrected chi connectivity index (χ0v) is 15.8. The molecule has 2 aliphatic rings. The largest absolute Gasteiger partial charge is 0.379 e. The van der Waals surface area contributed by atoms with Gasteiger partial charge < -0.3 is 9.64 Å². The van der Waals surface area contributed by atoms with Crippen molar-refractivity contribution in [2.75, 3.05) is 30.4 Å². The summed E-state index contributed by atoms with van der Waals surface area (Å²) in [6, 6.07) is 0.181. The Balaban J connectivity index is 0.000000924. The summed E-state index contributed by atoms with van der Waals surface area (Å²) in [5, 5.41) is 0. The number of fused-ring (bicyclic) bond motifs is 3. The van der Waals surface area contributed by atoms with Gasteiger partial charge in [0, 0.05) is 19.1 Å². The fourth-order valence-corrected chi connectivity index (χ4v) is 4.54. The Hall–Kier alpha value is -1.01. The van der Waals surface area contributed by atoms with Crippen LogP contribution in [0.15, 0.2) is 4.90 Å². The van der Waals surface area contributed by atoms with E-state index in [2.05, 4.69) is 30.7 Å². The number of rotatable bonds is 2. The second-order valence-electron chi connectivity index (χ2n) is 5.98. The average molecular weight is 340 g/mol. The van der Waals surface area contributed by atoms with Crippen LogP contribution in [0.3, 0.4) is 0 Å². The predicted octanol–water partition coefficient (Wildman–Crippen LogP) is 2.91. The normalized spacial score (nSPS) is 23.5. The molecule has 2 unspecified atom stereocenters. The Bertz CT molecular complexity index is 563. The summed E-state index contributed by atoms with van der Waals surface area (Å²) in [5.41, 5.74) is 0.950. The average Bonchev–Trinajstić information content (AvgIpc) is 2.81.